The van der Waals surface area contributed by atoms with Gasteiger partial charge in [-0.3, -0.25) is 0 Å². The van der Waals surface area contributed by atoms with Crippen LogP contribution in [-0.2, 0) is 4.79 Å². The van der Waals surface area contributed by atoms with Crippen LogP contribution in [0.25, 0.3) is 0 Å². The summed E-state index contributed by atoms with van der Waals surface area (Å²) in [6.45, 7) is 3.76. The molecule has 11 heavy (non-hydrogen) atoms. The van der Waals surface area contributed by atoms with Crippen molar-refractivity contribution in [2.24, 2.45) is 0 Å². The number of aliphatic carboxylic acids is 1. The van der Waals surface area contributed by atoms with Gasteiger partial charge in [-0.05, 0) is 19.8 Å². The van der Waals surface area contributed by atoms with Crippen LogP contribution in [0.4, 0.5) is 0 Å². The van der Waals surface area contributed by atoms with Gasteiger partial charge in [-0.2, -0.15) is 0 Å². The van der Waals surface area contributed by atoms with Crippen LogP contribution in [0.2, 0.25) is 0 Å². The second-order valence-electron chi connectivity index (χ2n) is 2.20. The molecule has 0 aliphatic carbocycles. The van der Waals surface area contributed by atoms with Crippen LogP contribution in [0.1, 0.15) is 26.7 Å². The topological polar surface area (TPSA) is 37.3 Å². The summed E-state index contributed by atoms with van der Waals surface area (Å²) in [7, 11) is 0. The molecule has 0 aliphatic heterocycles. The summed E-state index contributed by atoms with van der Waals surface area (Å²) in [5.74, 6) is -0.826. The van der Waals surface area contributed by atoms with Gasteiger partial charge in [0.25, 0.3) is 0 Å². The zero-order chi connectivity index (χ0) is 8.69. The van der Waals surface area contributed by atoms with E-state index in [9.17, 15) is 4.79 Å². The van der Waals surface area contributed by atoms with Crippen molar-refractivity contribution in [1.29, 1.82) is 0 Å². The molecule has 0 heterocycles. The number of hydrogen-bond donors (Lipinski definition) is 1. The first kappa shape index (κ1) is 9.95. The van der Waals surface area contributed by atoms with Gasteiger partial charge in [-0.1, -0.05) is 25.2 Å². The molecule has 0 spiro atoms. The van der Waals surface area contributed by atoms with Crippen molar-refractivity contribution in [1.82, 2.24) is 0 Å². The lowest BCUT2D eigenvalue weighted by atomic mass is 10.1. The second kappa shape index (κ2) is 5.71. The molecule has 0 aliphatic rings. The van der Waals surface area contributed by atoms with Gasteiger partial charge in [0.2, 0.25) is 0 Å². The summed E-state index contributed by atoms with van der Waals surface area (Å²) in [5, 5.41) is 8.57. The minimum atomic E-state index is -0.826. The lowest BCUT2D eigenvalue weighted by Gasteiger charge is -1.94. The van der Waals surface area contributed by atoms with Crippen LogP contribution in [-0.4, -0.2) is 11.1 Å². The van der Waals surface area contributed by atoms with Crippen molar-refractivity contribution < 1.29 is 9.90 Å². The second-order valence-corrected chi connectivity index (χ2v) is 2.20. The van der Waals surface area contributed by atoms with Crippen LogP contribution in [0.5, 0.6) is 0 Å². The van der Waals surface area contributed by atoms with E-state index < -0.39 is 5.97 Å². The van der Waals surface area contributed by atoms with Crippen LogP contribution >= 0.6 is 0 Å². The SMILES string of the molecule is C/C=C(/C/C=C/CC)C(=O)O. The van der Waals surface area contributed by atoms with E-state index in [2.05, 4.69) is 0 Å². The van der Waals surface area contributed by atoms with Gasteiger partial charge in [-0.25, -0.2) is 4.79 Å². The molecule has 0 saturated carbocycles. The number of hydrogen-bond acceptors (Lipinski definition) is 1. The highest BCUT2D eigenvalue weighted by atomic mass is 16.4. The van der Waals surface area contributed by atoms with E-state index in [1.165, 1.54) is 0 Å². The van der Waals surface area contributed by atoms with E-state index in [4.69, 9.17) is 5.11 Å². The first-order valence-corrected chi connectivity index (χ1v) is 3.75. The Morgan fingerprint density at radius 2 is 2.09 bits per heavy atom. The van der Waals surface area contributed by atoms with Crippen LogP contribution in [0, 0.1) is 0 Å². The molecule has 0 bridgehead atoms. The molecular weight excluding hydrogens is 140 g/mol. The van der Waals surface area contributed by atoms with E-state index in [1.807, 2.05) is 19.1 Å². The van der Waals surface area contributed by atoms with Crippen molar-refractivity contribution in [3.63, 3.8) is 0 Å². The normalized spacial score (nSPS) is 12.4. The molecule has 0 atom stereocenters. The van der Waals surface area contributed by atoms with Gasteiger partial charge in [-0.15, -0.1) is 0 Å². The standard InChI is InChI=1S/C9H14O2/c1-3-5-6-7-8(4-2)9(10)11/h4-6H,3,7H2,1-2H3,(H,10,11)/b6-5+,8-4-. The third-order valence-electron chi connectivity index (χ3n) is 1.36. The predicted octanol–water partition coefficient (Wildman–Crippen LogP) is 2.37. The number of carboxylic acid groups (broad SMARTS) is 1. The Morgan fingerprint density at radius 3 is 2.45 bits per heavy atom. The van der Waals surface area contributed by atoms with Gasteiger partial charge in [0.05, 0.1) is 0 Å². The van der Waals surface area contributed by atoms with Gasteiger partial charge in [0.15, 0.2) is 0 Å². The molecule has 0 radical (unpaired) electrons. The van der Waals surface area contributed by atoms with Crippen molar-refractivity contribution in [3.05, 3.63) is 23.8 Å². The molecule has 0 aromatic carbocycles. The maximum Gasteiger partial charge on any atom is 0.331 e. The molecule has 0 amide bonds. The third kappa shape index (κ3) is 4.37. The minimum absolute atomic E-state index is 0.453. The Bertz CT molecular complexity index is 178. The molecule has 0 saturated heterocycles. The maximum absolute atomic E-state index is 10.4. The summed E-state index contributed by atoms with van der Waals surface area (Å²) in [4.78, 5) is 10.4. The van der Waals surface area contributed by atoms with E-state index in [1.54, 1.807) is 13.0 Å². The monoisotopic (exact) mass is 154 g/mol. The first-order chi connectivity index (χ1) is 5.22. The minimum Gasteiger partial charge on any atom is -0.478 e. The van der Waals surface area contributed by atoms with Gasteiger partial charge < -0.3 is 5.11 Å². The van der Waals surface area contributed by atoms with Crippen molar-refractivity contribution in [2.45, 2.75) is 26.7 Å². The molecular formula is C9H14O2. The number of allylic oxidation sites excluding steroid dienone is 3. The smallest absolute Gasteiger partial charge is 0.331 e. The zero-order valence-electron chi connectivity index (χ0n) is 7.00. The Kier molecular flexibility index (Phi) is 5.17. The highest BCUT2D eigenvalue weighted by Gasteiger charge is 2.01. The van der Waals surface area contributed by atoms with Crippen molar-refractivity contribution >= 4 is 5.97 Å². The average molecular weight is 154 g/mol. The highest BCUT2D eigenvalue weighted by molar-refractivity contribution is 5.86. The molecule has 0 rings (SSSR count). The molecule has 2 heteroatoms. The van der Waals surface area contributed by atoms with Crippen molar-refractivity contribution in [2.75, 3.05) is 0 Å². The molecule has 0 aromatic rings. The molecule has 62 valence electrons. The first-order valence-electron chi connectivity index (χ1n) is 3.75. The summed E-state index contributed by atoms with van der Waals surface area (Å²) in [5.41, 5.74) is 0.453. The Hall–Kier alpha value is -1.05. The number of rotatable bonds is 4. The van der Waals surface area contributed by atoms with E-state index >= 15 is 0 Å². The Balaban J connectivity index is 3.91. The van der Waals surface area contributed by atoms with Crippen LogP contribution < -0.4 is 0 Å². The lowest BCUT2D eigenvalue weighted by molar-refractivity contribution is -0.132. The summed E-state index contributed by atoms with van der Waals surface area (Å²) >= 11 is 0. The summed E-state index contributed by atoms with van der Waals surface area (Å²) in [6.07, 6.45) is 6.95. The molecule has 1 N–H and O–H groups in total. The Labute approximate surface area is 67.2 Å². The fourth-order valence-electron chi connectivity index (χ4n) is 0.706. The number of carboxylic acids is 1. The summed E-state index contributed by atoms with van der Waals surface area (Å²) < 4.78 is 0. The zero-order valence-corrected chi connectivity index (χ0v) is 7.00. The maximum atomic E-state index is 10.4. The van der Waals surface area contributed by atoms with Gasteiger partial charge in [0.1, 0.15) is 0 Å². The Morgan fingerprint density at radius 1 is 1.45 bits per heavy atom. The fraction of sp³-hybridized carbons (Fsp3) is 0.444. The molecule has 0 fully saturated rings. The summed E-state index contributed by atoms with van der Waals surface area (Å²) in [6, 6.07) is 0. The van der Waals surface area contributed by atoms with Crippen molar-refractivity contribution in [3.8, 4) is 0 Å². The van der Waals surface area contributed by atoms with E-state index in [-0.39, 0.29) is 0 Å². The quantitative estimate of drug-likeness (QED) is 0.498. The highest BCUT2D eigenvalue weighted by Crippen LogP contribution is 2.02. The molecule has 0 aromatic heterocycles. The average Bonchev–Trinajstić information content (AvgIpc) is 1.97. The largest absolute Gasteiger partial charge is 0.478 e. The van der Waals surface area contributed by atoms with Crippen LogP contribution in [0.15, 0.2) is 23.8 Å². The third-order valence-corrected chi connectivity index (χ3v) is 1.36. The number of carbonyl (C=O) groups is 1. The van der Waals surface area contributed by atoms with Crippen LogP contribution in [0.3, 0.4) is 0 Å². The van der Waals surface area contributed by atoms with Gasteiger partial charge in [0, 0.05) is 5.57 Å². The van der Waals surface area contributed by atoms with E-state index in [0.29, 0.717) is 12.0 Å². The van der Waals surface area contributed by atoms with Gasteiger partial charge >= 0.3 is 5.97 Å². The lowest BCUT2D eigenvalue weighted by Crippen LogP contribution is -1.98. The van der Waals surface area contributed by atoms with E-state index in [0.717, 1.165) is 6.42 Å². The molecule has 0 unspecified atom stereocenters. The fourth-order valence-corrected chi connectivity index (χ4v) is 0.706. The molecule has 2 nitrogen and oxygen atoms in total. The predicted molar refractivity (Wildman–Crippen MR) is 45.4 cm³/mol.